The molecule has 1 amide bonds. The van der Waals surface area contributed by atoms with Gasteiger partial charge in [-0.05, 0) is 36.8 Å². The molecule has 1 atom stereocenters. The molecule has 2 aromatic rings. The molecule has 0 spiro atoms. The monoisotopic (exact) mass is 368 g/mol. The Morgan fingerprint density at radius 3 is 2.96 bits per heavy atom. The van der Waals surface area contributed by atoms with Crippen LogP contribution >= 0.6 is 11.6 Å². The third kappa shape index (κ3) is 3.82. The Labute approximate surface area is 147 Å². The highest BCUT2D eigenvalue weighted by molar-refractivity contribution is 6.30. The summed E-state index contributed by atoms with van der Waals surface area (Å²) in [5.74, 6) is -0.343. The number of Topliss-reactive ketones (excluding diaryl/α,β-unsaturated/α-hetero) is 1. The molecule has 0 saturated heterocycles. The van der Waals surface area contributed by atoms with Crippen molar-refractivity contribution < 1.29 is 23.1 Å². The van der Waals surface area contributed by atoms with Crippen LogP contribution in [0.2, 0.25) is 5.02 Å². The third-order valence-corrected chi connectivity index (χ3v) is 4.27. The first kappa shape index (κ1) is 17.4. The van der Waals surface area contributed by atoms with E-state index in [1.54, 1.807) is 22.9 Å². The number of benzene rings is 1. The number of hydrogen-bond acceptors (Lipinski definition) is 3. The molecule has 0 radical (unpaired) electrons. The highest BCUT2D eigenvalue weighted by Crippen LogP contribution is 2.27. The molecule has 1 aliphatic rings. The summed E-state index contributed by atoms with van der Waals surface area (Å²) in [6.07, 6.45) is 2.36. The van der Waals surface area contributed by atoms with Crippen LogP contribution in [0.15, 0.2) is 36.5 Å². The first-order valence-corrected chi connectivity index (χ1v) is 8.04. The number of amides is 1. The molecular weight excluding hydrogens is 354 g/mol. The minimum atomic E-state index is -2.97. The maximum atomic E-state index is 12.5. The number of alkyl halides is 2. The van der Waals surface area contributed by atoms with Crippen molar-refractivity contribution in [3.05, 3.63) is 52.8 Å². The Kier molecular flexibility index (Phi) is 5.03. The highest BCUT2D eigenvalue weighted by Gasteiger charge is 2.29. The first-order chi connectivity index (χ1) is 12.0. The number of halogens is 3. The van der Waals surface area contributed by atoms with Crippen LogP contribution in [0.25, 0.3) is 0 Å². The summed E-state index contributed by atoms with van der Waals surface area (Å²) < 4.78 is 31.0. The number of ether oxygens (including phenoxy) is 1. The number of hydrogen-bond donors (Lipinski definition) is 1. The molecular formula is C17H15ClF2N2O3. The molecule has 1 aliphatic heterocycles. The van der Waals surface area contributed by atoms with Gasteiger partial charge in [-0.15, -0.1) is 0 Å². The zero-order valence-corrected chi connectivity index (χ0v) is 13.8. The summed E-state index contributed by atoms with van der Waals surface area (Å²) in [7, 11) is 0. The van der Waals surface area contributed by atoms with Crippen molar-refractivity contribution >= 4 is 23.3 Å². The van der Waals surface area contributed by atoms with Gasteiger partial charge in [0.05, 0.1) is 5.69 Å². The van der Waals surface area contributed by atoms with E-state index in [2.05, 4.69) is 10.1 Å². The van der Waals surface area contributed by atoms with Crippen molar-refractivity contribution in [2.45, 2.75) is 32.0 Å². The molecule has 0 aliphatic carbocycles. The van der Waals surface area contributed by atoms with Gasteiger partial charge in [-0.25, -0.2) is 0 Å². The summed E-state index contributed by atoms with van der Waals surface area (Å²) in [6, 6.07) is 7.10. The van der Waals surface area contributed by atoms with E-state index in [4.69, 9.17) is 11.6 Å². The molecule has 1 N–H and O–H groups in total. The maximum absolute atomic E-state index is 12.5. The van der Waals surface area contributed by atoms with E-state index in [9.17, 15) is 18.4 Å². The van der Waals surface area contributed by atoms with Crippen molar-refractivity contribution in [2.75, 3.05) is 0 Å². The molecule has 1 unspecified atom stereocenters. The fourth-order valence-corrected chi connectivity index (χ4v) is 3.09. The second-order valence-electron chi connectivity index (χ2n) is 5.63. The number of carbonyl (C=O) groups is 2. The topological polar surface area (TPSA) is 60.3 Å². The number of aromatic nitrogens is 1. The lowest BCUT2D eigenvalue weighted by Gasteiger charge is -2.24. The molecule has 5 nitrogen and oxygen atoms in total. The fourth-order valence-electron chi connectivity index (χ4n) is 2.89. The van der Waals surface area contributed by atoms with Gasteiger partial charge in [-0.1, -0.05) is 11.6 Å². The van der Waals surface area contributed by atoms with Gasteiger partial charge >= 0.3 is 6.61 Å². The van der Waals surface area contributed by atoms with Gasteiger partial charge in [0.2, 0.25) is 5.91 Å². The second-order valence-corrected chi connectivity index (χ2v) is 6.06. The van der Waals surface area contributed by atoms with E-state index in [-0.39, 0.29) is 24.0 Å². The predicted octanol–water partition coefficient (Wildman–Crippen LogP) is 3.58. The Morgan fingerprint density at radius 1 is 1.40 bits per heavy atom. The van der Waals surface area contributed by atoms with Crippen molar-refractivity contribution in [3.63, 3.8) is 0 Å². The van der Waals surface area contributed by atoms with E-state index < -0.39 is 12.7 Å². The Balaban J connectivity index is 1.72. The normalized spacial score (nSPS) is 16.6. The van der Waals surface area contributed by atoms with Crippen molar-refractivity contribution in [2.24, 2.45) is 0 Å². The van der Waals surface area contributed by atoms with Crippen LogP contribution in [0.3, 0.4) is 0 Å². The van der Waals surface area contributed by atoms with E-state index in [0.717, 1.165) is 0 Å². The van der Waals surface area contributed by atoms with Crippen LogP contribution < -0.4 is 10.1 Å². The van der Waals surface area contributed by atoms with E-state index in [1.165, 1.54) is 18.2 Å². The Morgan fingerprint density at radius 2 is 2.20 bits per heavy atom. The van der Waals surface area contributed by atoms with Crippen LogP contribution in [-0.4, -0.2) is 22.9 Å². The van der Waals surface area contributed by atoms with Gasteiger partial charge < -0.3 is 14.6 Å². The van der Waals surface area contributed by atoms with E-state index in [0.29, 0.717) is 29.1 Å². The van der Waals surface area contributed by atoms with Gasteiger partial charge in [-0.3, -0.25) is 9.59 Å². The van der Waals surface area contributed by atoms with Gasteiger partial charge in [0.15, 0.2) is 5.78 Å². The number of rotatable bonds is 5. The standard InChI is InChI=1S/C17H15ClF2N2O3/c18-11-3-6-15(25-17(19)20)10(8-11)9-21-16(24)13-4-5-14(23)12-2-1-7-22(12)13/h1-3,6-8,13,17H,4-5,9H2,(H,21,24). The second kappa shape index (κ2) is 7.23. The zero-order valence-electron chi connectivity index (χ0n) is 13.0. The van der Waals surface area contributed by atoms with E-state index in [1.807, 2.05) is 0 Å². The number of carbonyl (C=O) groups excluding carboxylic acids is 2. The average Bonchev–Trinajstić information content (AvgIpc) is 3.05. The van der Waals surface area contributed by atoms with Crippen LogP contribution in [0.4, 0.5) is 8.78 Å². The lowest BCUT2D eigenvalue weighted by Crippen LogP contribution is -2.35. The summed E-state index contributed by atoms with van der Waals surface area (Å²) >= 11 is 5.89. The molecule has 1 aromatic heterocycles. The van der Waals surface area contributed by atoms with Crippen molar-refractivity contribution in [1.29, 1.82) is 0 Å². The summed E-state index contributed by atoms with van der Waals surface area (Å²) in [4.78, 5) is 24.3. The number of nitrogens with one attached hydrogen (secondary N) is 1. The van der Waals surface area contributed by atoms with Crippen LogP contribution in [0.1, 0.15) is 34.9 Å². The lowest BCUT2D eigenvalue weighted by molar-refractivity contribution is -0.124. The van der Waals surface area contributed by atoms with Gasteiger partial charge in [0, 0.05) is 29.7 Å². The number of ketones is 1. The summed E-state index contributed by atoms with van der Waals surface area (Å²) in [5.41, 5.74) is 0.844. The van der Waals surface area contributed by atoms with Gasteiger partial charge in [0.1, 0.15) is 11.8 Å². The molecule has 25 heavy (non-hydrogen) atoms. The van der Waals surface area contributed by atoms with Gasteiger partial charge in [-0.2, -0.15) is 8.78 Å². The molecule has 0 fully saturated rings. The largest absolute Gasteiger partial charge is 0.434 e. The molecule has 0 bridgehead atoms. The van der Waals surface area contributed by atoms with Crippen molar-refractivity contribution in [1.82, 2.24) is 9.88 Å². The van der Waals surface area contributed by atoms with Crippen LogP contribution in [0.5, 0.6) is 5.75 Å². The Hall–Kier alpha value is -2.41. The molecule has 8 heteroatoms. The summed E-state index contributed by atoms with van der Waals surface area (Å²) in [5, 5.41) is 3.05. The minimum absolute atomic E-state index is 0.00323. The number of nitrogens with zero attached hydrogens (tertiary/aromatic N) is 1. The molecule has 132 valence electrons. The van der Waals surface area contributed by atoms with Gasteiger partial charge in [0.25, 0.3) is 0 Å². The SMILES string of the molecule is O=C1CCC(C(=O)NCc2cc(Cl)ccc2OC(F)F)n2cccc21. The van der Waals surface area contributed by atoms with E-state index >= 15 is 0 Å². The predicted molar refractivity (Wildman–Crippen MR) is 87.0 cm³/mol. The minimum Gasteiger partial charge on any atom is -0.434 e. The van der Waals surface area contributed by atoms with Crippen LogP contribution in [0, 0.1) is 0 Å². The molecule has 3 rings (SSSR count). The lowest BCUT2D eigenvalue weighted by atomic mass is 10.0. The molecule has 0 saturated carbocycles. The van der Waals surface area contributed by atoms with Crippen LogP contribution in [-0.2, 0) is 11.3 Å². The molecule has 2 heterocycles. The summed E-state index contributed by atoms with van der Waals surface area (Å²) in [6.45, 7) is -2.98. The Bertz CT molecular complexity index is 807. The average molecular weight is 369 g/mol. The molecule has 1 aromatic carbocycles. The fraction of sp³-hybridized carbons (Fsp3) is 0.294. The zero-order chi connectivity index (χ0) is 18.0. The number of fused-ring (bicyclic) bond motifs is 1. The first-order valence-electron chi connectivity index (χ1n) is 7.66. The maximum Gasteiger partial charge on any atom is 0.387 e. The smallest absolute Gasteiger partial charge is 0.387 e. The third-order valence-electron chi connectivity index (χ3n) is 4.04. The quantitative estimate of drug-likeness (QED) is 0.877. The van der Waals surface area contributed by atoms with Crippen molar-refractivity contribution in [3.8, 4) is 5.75 Å². The highest BCUT2D eigenvalue weighted by atomic mass is 35.5.